The van der Waals surface area contributed by atoms with E-state index in [-0.39, 0.29) is 16.8 Å². The Bertz CT molecular complexity index is 1250. The van der Waals surface area contributed by atoms with E-state index in [1.165, 1.54) is 25.1 Å². The van der Waals surface area contributed by atoms with Gasteiger partial charge in [0.25, 0.3) is 0 Å². The van der Waals surface area contributed by atoms with Gasteiger partial charge in [-0.2, -0.15) is 0 Å². The molecule has 1 heterocycles. The third-order valence-electron chi connectivity index (χ3n) is 4.52. The molecule has 2 aliphatic rings. The van der Waals surface area contributed by atoms with Crippen LogP contribution in [0.5, 0.6) is 0 Å². The molecular formula is C22H14O5. The molecule has 5 heteroatoms. The van der Waals surface area contributed by atoms with Gasteiger partial charge < -0.3 is 9.52 Å². The van der Waals surface area contributed by atoms with Crippen molar-refractivity contribution in [3.05, 3.63) is 82.0 Å². The van der Waals surface area contributed by atoms with Crippen molar-refractivity contribution in [2.24, 2.45) is 0 Å². The first-order chi connectivity index (χ1) is 13.0. The van der Waals surface area contributed by atoms with E-state index in [1.54, 1.807) is 30.3 Å². The van der Waals surface area contributed by atoms with Gasteiger partial charge in [0.05, 0.1) is 5.56 Å². The molecular weight excluding hydrogens is 344 g/mol. The Morgan fingerprint density at radius 1 is 0.926 bits per heavy atom. The molecule has 1 aliphatic carbocycles. The van der Waals surface area contributed by atoms with Crippen LogP contribution in [0, 0.1) is 0 Å². The zero-order chi connectivity index (χ0) is 19.1. The van der Waals surface area contributed by atoms with Crippen LogP contribution in [-0.2, 0) is 0 Å². The molecule has 0 bridgehead atoms. The summed E-state index contributed by atoms with van der Waals surface area (Å²) in [5, 5.41) is 10.5. The monoisotopic (exact) mass is 358 g/mol. The number of carboxylic acids is 1. The SMILES string of the molecule is CC(=O)c1ccc(-c2c3ccc(=O)cc-3oc3ccccc23)c(C(=O)O)c1. The van der Waals surface area contributed by atoms with Gasteiger partial charge in [0.15, 0.2) is 11.2 Å². The summed E-state index contributed by atoms with van der Waals surface area (Å²) in [5.74, 6) is -0.965. The number of carbonyl (C=O) groups is 2. The van der Waals surface area contributed by atoms with E-state index in [0.717, 1.165) is 5.39 Å². The average molecular weight is 358 g/mol. The zero-order valence-corrected chi connectivity index (χ0v) is 14.4. The first kappa shape index (κ1) is 16.7. The predicted molar refractivity (Wildman–Crippen MR) is 102 cm³/mol. The highest BCUT2D eigenvalue weighted by Gasteiger charge is 2.22. The van der Waals surface area contributed by atoms with Crippen LogP contribution in [0.25, 0.3) is 33.4 Å². The fourth-order valence-electron chi connectivity index (χ4n) is 3.27. The Balaban J connectivity index is 2.17. The number of hydrogen-bond donors (Lipinski definition) is 1. The van der Waals surface area contributed by atoms with E-state index < -0.39 is 5.97 Å². The summed E-state index contributed by atoms with van der Waals surface area (Å²) in [6.07, 6.45) is 0. The van der Waals surface area contributed by atoms with E-state index in [0.29, 0.717) is 33.6 Å². The van der Waals surface area contributed by atoms with Gasteiger partial charge in [0, 0.05) is 28.1 Å². The summed E-state index contributed by atoms with van der Waals surface area (Å²) in [6, 6.07) is 16.3. The highest BCUT2D eigenvalue weighted by Crippen LogP contribution is 2.41. The van der Waals surface area contributed by atoms with Gasteiger partial charge >= 0.3 is 5.97 Å². The van der Waals surface area contributed by atoms with Gasteiger partial charge in [-0.1, -0.05) is 30.3 Å². The average Bonchev–Trinajstić information content (AvgIpc) is 2.65. The van der Waals surface area contributed by atoms with Crippen molar-refractivity contribution in [3.8, 4) is 22.5 Å². The van der Waals surface area contributed by atoms with Crippen LogP contribution < -0.4 is 5.43 Å². The van der Waals surface area contributed by atoms with E-state index in [1.807, 2.05) is 12.1 Å². The van der Waals surface area contributed by atoms with Crippen molar-refractivity contribution in [3.63, 3.8) is 0 Å². The molecule has 27 heavy (non-hydrogen) atoms. The molecule has 0 saturated heterocycles. The summed E-state index contributed by atoms with van der Waals surface area (Å²) in [5.41, 5.74) is 2.43. The highest BCUT2D eigenvalue weighted by molar-refractivity contribution is 6.08. The Morgan fingerprint density at radius 2 is 1.67 bits per heavy atom. The maximum absolute atomic E-state index is 11.9. The van der Waals surface area contributed by atoms with Crippen LogP contribution in [0.15, 0.2) is 69.9 Å². The number of ketones is 1. The molecule has 2 aromatic carbocycles. The van der Waals surface area contributed by atoms with Gasteiger partial charge in [-0.25, -0.2) is 4.79 Å². The number of carbonyl (C=O) groups excluding carboxylic acids is 1. The second-order valence-corrected chi connectivity index (χ2v) is 6.25. The molecule has 4 rings (SSSR count). The molecule has 0 atom stereocenters. The lowest BCUT2D eigenvalue weighted by Gasteiger charge is -2.16. The van der Waals surface area contributed by atoms with Crippen LogP contribution in [0.1, 0.15) is 27.6 Å². The summed E-state index contributed by atoms with van der Waals surface area (Å²) in [7, 11) is 0. The van der Waals surface area contributed by atoms with Crippen LogP contribution in [-0.4, -0.2) is 16.9 Å². The molecule has 1 N–H and O–H groups in total. The normalized spacial score (nSPS) is 11.0. The Labute approximate surface area is 153 Å². The van der Waals surface area contributed by atoms with Crippen molar-refractivity contribution in [1.29, 1.82) is 0 Å². The summed E-state index contributed by atoms with van der Waals surface area (Å²) in [6.45, 7) is 1.39. The van der Waals surface area contributed by atoms with E-state index in [4.69, 9.17) is 4.42 Å². The quantitative estimate of drug-likeness (QED) is 0.431. The molecule has 0 radical (unpaired) electrons. The van der Waals surface area contributed by atoms with Crippen LogP contribution in [0.2, 0.25) is 0 Å². The molecule has 0 spiro atoms. The molecule has 0 aromatic heterocycles. The first-order valence-corrected chi connectivity index (χ1v) is 8.30. The predicted octanol–water partition coefficient (Wildman–Crippen LogP) is 4.47. The molecule has 0 saturated carbocycles. The minimum atomic E-state index is -1.13. The van der Waals surface area contributed by atoms with Gasteiger partial charge in [0.1, 0.15) is 11.3 Å². The summed E-state index contributed by atoms with van der Waals surface area (Å²) < 4.78 is 5.85. The Kier molecular flexibility index (Phi) is 3.85. The van der Waals surface area contributed by atoms with Crippen molar-refractivity contribution < 1.29 is 19.1 Å². The van der Waals surface area contributed by atoms with Crippen molar-refractivity contribution in [1.82, 2.24) is 0 Å². The topological polar surface area (TPSA) is 84.6 Å². The lowest BCUT2D eigenvalue weighted by Crippen LogP contribution is -2.05. The van der Waals surface area contributed by atoms with Gasteiger partial charge in [-0.15, -0.1) is 0 Å². The third-order valence-corrected chi connectivity index (χ3v) is 4.52. The van der Waals surface area contributed by atoms with Crippen LogP contribution >= 0.6 is 0 Å². The standard InChI is InChI=1S/C22H14O5/c1-12(23)13-6-8-15(18(10-13)22(25)26)21-16-4-2-3-5-19(16)27-20-11-14(24)7-9-17(20)21/h2-11H,1H3,(H,25,26). The van der Waals surface area contributed by atoms with Crippen molar-refractivity contribution in [2.45, 2.75) is 6.92 Å². The number of aromatic carboxylic acids is 1. The highest BCUT2D eigenvalue weighted by atomic mass is 16.4. The third kappa shape index (κ3) is 2.79. The van der Waals surface area contributed by atoms with E-state index >= 15 is 0 Å². The van der Waals surface area contributed by atoms with Crippen LogP contribution in [0.3, 0.4) is 0 Å². The second-order valence-electron chi connectivity index (χ2n) is 6.25. The first-order valence-electron chi connectivity index (χ1n) is 8.30. The van der Waals surface area contributed by atoms with E-state index in [2.05, 4.69) is 0 Å². The number of benzene rings is 3. The van der Waals surface area contributed by atoms with Gasteiger partial charge in [-0.3, -0.25) is 9.59 Å². The number of Topliss-reactive ketones (excluding diaryl/α,β-unsaturated/α-hetero) is 1. The largest absolute Gasteiger partial charge is 0.478 e. The molecule has 132 valence electrons. The minimum absolute atomic E-state index is 0.0200. The fraction of sp³-hybridized carbons (Fsp3) is 0.0455. The van der Waals surface area contributed by atoms with Gasteiger partial charge in [0.2, 0.25) is 0 Å². The zero-order valence-electron chi connectivity index (χ0n) is 14.4. The van der Waals surface area contributed by atoms with Gasteiger partial charge in [-0.05, 0) is 36.8 Å². The number of carboxylic acid groups (broad SMARTS) is 1. The maximum Gasteiger partial charge on any atom is 0.336 e. The number of hydrogen-bond acceptors (Lipinski definition) is 4. The van der Waals surface area contributed by atoms with E-state index in [9.17, 15) is 19.5 Å². The number of rotatable bonds is 3. The smallest absolute Gasteiger partial charge is 0.336 e. The number of fused-ring (bicyclic) bond motifs is 2. The second kappa shape index (κ2) is 6.21. The lowest BCUT2D eigenvalue weighted by atomic mass is 9.89. The Hall–Kier alpha value is -3.73. The van der Waals surface area contributed by atoms with Crippen LogP contribution in [0.4, 0.5) is 0 Å². The fourth-order valence-corrected chi connectivity index (χ4v) is 3.27. The van der Waals surface area contributed by atoms with Crippen molar-refractivity contribution >= 4 is 22.7 Å². The molecule has 0 fully saturated rings. The summed E-state index contributed by atoms with van der Waals surface area (Å²) >= 11 is 0. The van der Waals surface area contributed by atoms with Crippen molar-refractivity contribution in [2.75, 3.05) is 0 Å². The minimum Gasteiger partial charge on any atom is -0.478 e. The molecule has 5 nitrogen and oxygen atoms in total. The molecule has 0 unspecified atom stereocenters. The molecule has 0 amide bonds. The number of para-hydroxylation sites is 1. The Morgan fingerprint density at radius 3 is 2.41 bits per heavy atom. The molecule has 2 aromatic rings. The lowest BCUT2D eigenvalue weighted by molar-refractivity contribution is 0.0697. The summed E-state index contributed by atoms with van der Waals surface area (Å²) in [4.78, 5) is 35.4. The molecule has 1 aliphatic heterocycles. The maximum atomic E-state index is 11.9.